The molecule has 1 unspecified atom stereocenters. The monoisotopic (exact) mass is 390 g/mol. The number of rotatable bonds is 7. The molecule has 0 aromatic heterocycles. The largest absolute Gasteiger partial charge is 0.460 e. The van der Waals surface area contributed by atoms with E-state index < -0.39 is 54.4 Å². The van der Waals surface area contributed by atoms with Crippen molar-refractivity contribution in [2.75, 3.05) is 0 Å². The molecule has 1 atom stereocenters. The molecule has 0 bridgehead atoms. The lowest BCUT2D eigenvalue weighted by Gasteiger charge is -2.40. The number of alkyl halides is 13. The van der Waals surface area contributed by atoms with Crippen LogP contribution < -0.4 is 0 Å². The highest BCUT2D eigenvalue weighted by Gasteiger charge is 2.91. The molecule has 144 valence electrons. The second-order valence-electron chi connectivity index (χ2n) is 4.57. The molecular weight excluding hydrogens is 383 g/mol. The van der Waals surface area contributed by atoms with Crippen molar-refractivity contribution < 1.29 is 61.9 Å². The van der Waals surface area contributed by atoms with Gasteiger partial charge in [0, 0.05) is 0 Å². The van der Waals surface area contributed by atoms with Crippen molar-refractivity contribution in [2.24, 2.45) is 5.92 Å². The Hall–Kier alpha value is -1.24. The summed E-state index contributed by atoms with van der Waals surface area (Å²) in [5, 5.41) is 0. The van der Waals surface area contributed by atoms with Gasteiger partial charge >= 0.3 is 35.8 Å². The van der Waals surface area contributed by atoms with Gasteiger partial charge in [0.05, 0.1) is 5.92 Å². The van der Waals surface area contributed by atoms with E-state index in [2.05, 4.69) is 0 Å². The van der Waals surface area contributed by atoms with Gasteiger partial charge in [0.2, 0.25) is 0 Å². The van der Waals surface area contributed by atoms with Crippen LogP contribution in [0.4, 0.5) is 57.1 Å². The zero-order valence-electron chi connectivity index (χ0n) is 11.2. The highest BCUT2D eigenvalue weighted by molar-refractivity contribution is 5.55. The van der Waals surface area contributed by atoms with Crippen LogP contribution in [-0.4, -0.2) is 42.1 Å². The summed E-state index contributed by atoms with van der Waals surface area (Å²) in [6.45, 7) is 0.559. The summed E-state index contributed by atoms with van der Waals surface area (Å²) in [5.74, 6) is -40.6. The third kappa shape index (κ3) is 2.80. The average molecular weight is 390 g/mol. The maximum atomic E-state index is 13.3. The average Bonchev–Trinajstić information content (AvgIpc) is 2.37. The van der Waals surface area contributed by atoms with Gasteiger partial charge in [0.25, 0.3) is 0 Å². The number of aldehydes is 1. The minimum atomic E-state index is -7.94. The van der Waals surface area contributed by atoms with E-state index in [0.717, 1.165) is 0 Å². The summed E-state index contributed by atoms with van der Waals surface area (Å²) in [6, 6.07) is 0. The van der Waals surface area contributed by atoms with Gasteiger partial charge in [-0.3, -0.25) is 0 Å². The maximum absolute atomic E-state index is 13.3. The van der Waals surface area contributed by atoms with Gasteiger partial charge in [-0.05, 0) is 6.42 Å². The van der Waals surface area contributed by atoms with E-state index in [1.807, 2.05) is 0 Å². The predicted molar refractivity (Wildman–Crippen MR) is 50.6 cm³/mol. The van der Waals surface area contributed by atoms with Crippen LogP contribution in [0.25, 0.3) is 0 Å². The molecule has 0 radical (unpaired) electrons. The Balaban J connectivity index is 6.35. The Morgan fingerprint density at radius 2 is 1.00 bits per heavy atom. The Kier molecular flexibility index (Phi) is 5.63. The van der Waals surface area contributed by atoms with E-state index in [1.54, 1.807) is 0 Å². The molecule has 14 heteroatoms. The normalized spacial score (nSPS) is 16.9. The number of carbonyl (C=O) groups is 1. The summed E-state index contributed by atoms with van der Waals surface area (Å²) >= 11 is 0. The van der Waals surface area contributed by atoms with E-state index in [0.29, 0.717) is 6.92 Å². The van der Waals surface area contributed by atoms with Crippen LogP contribution in [0.15, 0.2) is 0 Å². The van der Waals surface area contributed by atoms with Crippen molar-refractivity contribution in [3.63, 3.8) is 0 Å². The number of carbonyl (C=O) groups excluding carboxylic acids is 1. The molecule has 0 amide bonds. The van der Waals surface area contributed by atoms with Gasteiger partial charge in [0.1, 0.15) is 6.29 Å². The number of hydrogen-bond donors (Lipinski definition) is 0. The lowest BCUT2D eigenvalue weighted by Crippen LogP contribution is -2.71. The molecule has 0 N–H and O–H groups in total. The van der Waals surface area contributed by atoms with E-state index in [-0.39, 0.29) is 0 Å². The lowest BCUT2D eigenvalue weighted by molar-refractivity contribution is -0.442. The van der Waals surface area contributed by atoms with Gasteiger partial charge in [0.15, 0.2) is 0 Å². The van der Waals surface area contributed by atoms with Gasteiger partial charge < -0.3 is 4.79 Å². The third-order valence-electron chi connectivity index (χ3n) is 3.03. The second kappa shape index (κ2) is 5.93. The van der Waals surface area contributed by atoms with Gasteiger partial charge in [-0.15, -0.1) is 0 Å². The Bertz CT molecular complexity index is 464. The fraction of sp³-hybridized carbons (Fsp3) is 0.900. The molecule has 0 fully saturated rings. The first-order valence-corrected chi connectivity index (χ1v) is 5.68. The predicted octanol–water partition coefficient (Wildman–Crippen LogP) is 4.95. The highest BCUT2D eigenvalue weighted by Crippen LogP contribution is 2.61. The van der Waals surface area contributed by atoms with Crippen LogP contribution >= 0.6 is 0 Å². The Morgan fingerprint density at radius 1 is 0.667 bits per heavy atom. The molecule has 24 heavy (non-hydrogen) atoms. The van der Waals surface area contributed by atoms with Crippen LogP contribution in [0.1, 0.15) is 13.3 Å². The second-order valence-corrected chi connectivity index (χ2v) is 4.57. The topological polar surface area (TPSA) is 17.1 Å². The van der Waals surface area contributed by atoms with Crippen molar-refractivity contribution in [1.82, 2.24) is 0 Å². The Labute approximate surface area is 124 Å². The molecule has 0 saturated heterocycles. The lowest BCUT2D eigenvalue weighted by atomic mass is 9.87. The van der Waals surface area contributed by atoms with Gasteiger partial charge in [-0.25, -0.2) is 0 Å². The molecule has 0 spiro atoms. The smallest absolute Gasteiger partial charge is 0.303 e. The third-order valence-corrected chi connectivity index (χ3v) is 3.03. The number of halogens is 13. The Morgan fingerprint density at radius 3 is 1.25 bits per heavy atom. The van der Waals surface area contributed by atoms with Crippen LogP contribution in [0, 0.1) is 5.92 Å². The van der Waals surface area contributed by atoms with Crippen molar-refractivity contribution in [3.05, 3.63) is 0 Å². The molecule has 0 rings (SSSR count). The van der Waals surface area contributed by atoms with Crippen LogP contribution in [0.2, 0.25) is 0 Å². The minimum Gasteiger partial charge on any atom is -0.303 e. The zero-order valence-corrected chi connectivity index (χ0v) is 11.2. The summed E-state index contributed by atoms with van der Waals surface area (Å²) in [6.07, 6.45) is -9.80. The van der Waals surface area contributed by atoms with Crippen molar-refractivity contribution >= 4 is 6.29 Å². The highest BCUT2D eigenvalue weighted by atomic mass is 19.4. The first-order chi connectivity index (χ1) is 10.3. The molecule has 0 saturated carbocycles. The molecular formula is C10H7F13O. The van der Waals surface area contributed by atoms with E-state index >= 15 is 0 Å². The SMILES string of the molecule is CCC(C=O)C(F)(F)C(F)(F)C(F)(F)C(F)(F)C(F)(F)C(F)(F)F. The molecule has 0 aromatic rings. The minimum absolute atomic E-state index is 0.559. The van der Waals surface area contributed by atoms with E-state index in [1.165, 1.54) is 0 Å². The molecule has 0 aliphatic rings. The van der Waals surface area contributed by atoms with E-state index in [9.17, 15) is 61.9 Å². The van der Waals surface area contributed by atoms with Crippen LogP contribution in [-0.2, 0) is 4.79 Å². The van der Waals surface area contributed by atoms with Crippen molar-refractivity contribution in [1.29, 1.82) is 0 Å². The zero-order chi connectivity index (χ0) is 20.0. The van der Waals surface area contributed by atoms with Crippen molar-refractivity contribution in [2.45, 2.75) is 49.1 Å². The van der Waals surface area contributed by atoms with Crippen LogP contribution in [0.3, 0.4) is 0 Å². The summed E-state index contributed by atoms with van der Waals surface area (Å²) in [5.41, 5.74) is 0. The molecule has 1 nitrogen and oxygen atoms in total. The quantitative estimate of drug-likeness (QED) is 0.444. The molecule has 0 heterocycles. The van der Waals surface area contributed by atoms with Crippen molar-refractivity contribution in [3.8, 4) is 0 Å². The van der Waals surface area contributed by atoms with Crippen LogP contribution in [0.5, 0.6) is 0 Å². The first-order valence-electron chi connectivity index (χ1n) is 5.68. The fourth-order valence-corrected chi connectivity index (χ4v) is 1.45. The molecule has 0 aliphatic carbocycles. The molecule has 0 aromatic carbocycles. The van der Waals surface area contributed by atoms with E-state index in [4.69, 9.17) is 0 Å². The van der Waals surface area contributed by atoms with Gasteiger partial charge in [-0.1, -0.05) is 6.92 Å². The molecule has 0 aliphatic heterocycles. The first kappa shape index (κ1) is 22.8. The summed E-state index contributed by atoms with van der Waals surface area (Å²) < 4.78 is 165. The number of hydrogen-bond acceptors (Lipinski definition) is 1. The summed E-state index contributed by atoms with van der Waals surface area (Å²) in [4.78, 5) is 10.2. The standard InChI is InChI=1S/C10H7F13O/c1-2-4(3-24)5(11,12)6(13,14)7(15,16)8(17,18)9(19,20)10(21,22)23/h3-4H,2H2,1H3. The maximum Gasteiger partial charge on any atom is 0.460 e. The van der Waals surface area contributed by atoms with Gasteiger partial charge in [-0.2, -0.15) is 57.1 Å². The fourth-order valence-electron chi connectivity index (χ4n) is 1.45. The summed E-state index contributed by atoms with van der Waals surface area (Å²) in [7, 11) is 0.